The molecule has 1 unspecified atom stereocenters. The third-order valence-electron chi connectivity index (χ3n) is 3.74. The SMILES string of the molecule is CC1Oc2ccc(N)cc2N(CC2(C#N)CC2)C1=O. The molecule has 1 amide bonds. The van der Waals surface area contributed by atoms with Gasteiger partial charge < -0.3 is 15.4 Å². The average Bonchev–Trinajstić information content (AvgIpc) is 3.16. The van der Waals surface area contributed by atoms with Crippen LogP contribution in [0.1, 0.15) is 19.8 Å². The van der Waals surface area contributed by atoms with Crippen molar-refractivity contribution in [3.05, 3.63) is 18.2 Å². The number of anilines is 2. The van der Waals surface area contributed by atoms with Crippen molar-refractivity contribution in [2.24, 2.45) is 5.41 Å². The summed E-state index contributed by atoms with van der Waals surface area (Å²) in [6, 6.07) is 7.56. The molecule has 1 aliphatic carbocycles. The molecule has 5 nitrogen and oxygen atoms in total. The Balaban J connectivity index is 2.00. The zero-order valence-electron chi connectivity index (χ0n) is 10.7. The van der Waals surface area contributed by atoms with Crippen LogP contribution in [0.15, 0.2) is 18.2 Å². The molecule has 0 bridgehead atoms. The van der Waals surface area contributed by atoms with Crippen LogP contribution in [0.5, 0.6) is 5.75 Å². The molecule has 0 aromatic heterocycles. The van der Waals surface area contributed by atoms with Gasteiger partial charge in [0.15, 0.2) is 6.10 Å². The Labute approximate surface area is 111 Å². The molecule has 19 heavy (non-hydrogen) atoms. The smallest absolute Gasteiger partial charge is 0.267 e. The number of fused-ring (bicyclic) bond motifs is 1. The minimum absolute atomic E-state index is 0.111. The van der Waals surface area contributed by atoms with E-state index in [1.807, 2.05) is 0 Å². The molecule has 1 aromatic rings. The van der Waals surface area contributed by atoms with Crippen molar-refractivity contribution >= 4 is 17.3 Å². The van der Waals surface area contributed by atoms with Gasteiger partial charge in [-0.05, 0) is 38.0 Å². The first-order valence-electron chi connectivity index (χ1n) is 6.33. The number of nitriles is 1. The maximum atomic E-state index is 12.3. The first-order valence-corrected chi connectivity index (χ1v) is 6.33. The Bertz CT molecular complexity index is 587. The fourth-order valence-corrected chi connectivity index (χ4v) is 2.35. The lowest BCUT2D eigenvalue weighted by Gasteiger charge is -2.34. The van der Waals surface area contributed by atoms with Crippen molar-refractivity contribution in [3.8, 4) is 11.8 Å². The second-order valence-corrected chi connectivity index (χ2v) is 5.30. The predicted octanol–water partition coefficient (Wildman–Crippen LogP) is 1.69. The van der Waals surface area contributed by atoms with Crippen molar-refractivity contribution < 1.29 is 9.53 Å². The van der Waals surface area contributed by atoms with E-state index >= 15 is 0 Å². The molecule has 1 atom stereocenters. The monoisotopic (exact) mass is 257 g/mol. The van der Waals surface area contributed by atoms with Gasteiger partial charge >= 0.3 is 0 Å². The van der Waals surface area contributed by atoms with E-state index in [-0.39, 0.29) is 11.3 Å². The van der Waals surface area contributed by atoms with Crippen LogP contribution in [0.3, 0.4) is 0 Å². The van der Waals surface area contributed by atoms with Crippen molar-refractivity contribution in [2.45, 2.75) is 25.9 Å². The van der Waals surface area contributed by atoms with Crippen molar-refractivity contribution in [2.75, 3.05) is 17.2 Å². The van der Waals surface area contributed by atoms with Crippen molar-refractivity contribution in [3.63, 3.8) is 0 Å². The summed E-state index contributed by atoms with van der Waals surface area (Å²) < 4.78 is 5.57. The maximum Gasteiger partial charge on any atom is 0.267 e. The van der Waals surface area contributed by atoms with E-state index in [2.05, 4.69) is 6.07 Å². The summed E-state index contributed by atoms with van der Waals surface area (Å²) in [7, 11) is 0. The molecule has 0 saturated heterocycles. The summed E-state index contributed by atoms with van der Waals surface area (Å²) in [6.07, 6.45) is 1.17. The molecule has 0 spiro atoms. The van der Waals surface area contributed by atoms with Gasteiger partial charge in [0, 0.05) is 12.2 Å². The lowest BCUT2D eigenvalue weighted by Crippen LogP contribution is -2.46. The van der Waals surface area contributed by atoms with E-state index in [1.165, 1.54) is 0 Å². The van der Waals surface area contributed by atoms with Crippen molar-refractivity contribution in [1.82, 2.24) is 0 Å². The number of hydrogen-bond donors (Lipinski definition) is 1. The molecular weight excluding hydrogens is 242 g/mol. The third-order valence-corrected chi connectivity index (χ3v) is 3.74. The summed E-state index contributed by atoms with van der Waals surface area (Å²) in [6.45, 7) is 2.15. The highest BCUT2D eigenvalue weighted by Crippen LogP contribution is 2.48. The van der Waals surface area contributed by atoms with Crippen LogP contribution in [-0.2, 0) is 4.79 Å². The van der Waals surface area contributed by atoms with Gasteiger partial charge in [-0.1, -0.05) is 0 Å². The highest BCUT2D eigenvalue weighted by Gasteiger charge is 2.47. The summed E-state index contributed by atoms with van der Waals surface area (Å²) in [5, 5.41) is 9.20. The van der Waals surface area contributed by atoms with Gasteiger partial charge in [0.2, 0.25) is 0 Å². The zero-order chi connectivity index (χ0) is 13.6. The number of amides is 1. The van der Waals surface area contributed by atoms with Crippen LogP contribution in [0.2, 0.25) is 0 Å². The van der Waals surface area contributed by atoms with E-state index in [0.717, 1.165) is 12.8 Å². The minimum atomic E-state index is -0.523. The number of nitrogens with two attached hydrogens (primary N) is 1. The fraction of sp³-hybridized carbons (Fsp3) is 0.429. The van der Waals surface area contributed by atoms with Gasteiger partial charge in [-0.25, -0.2) is 0 Å². The molecule has 5 heteroatoms. The highest BCUT2D eigenvalue weighted by atomic mass is 16.5. The second kappa shape index (κ2) is 3.89. The number of hydrogen-bond acceptors (Lipinski definition) is 4. The average molecular weight is 257 g/mol. The van der Waals surface area contributed by atoms with Crippen LogP contribution >= 0.6 is 0 Å². The fourth-order valence-electron chi connectivity index (χ4n) is 2.35. The van der Waals surface area contributed by atoms with Gasteiger partial charge in [0.05, 0.1) is 17.2 Å². The number of benzene rings is 1. The summed E-state index contributed by atoms with van der Waals surface area (Å²) in [4.78, 5) is 13.9. The zero-order valence-corrected chi connectivity index (χ0v) is 10.7. The third kappa shape index (κ3) is 1.89. The van der Waals surface area contributed by atoms with Gasteiger partial charge in [-0.15, -0.1) is 0 Å². The van der Waals surface area contributed by atoms with E-state index in [4.69, 9.17) is 10.5 Å². The van der Waals surface area contributed by atoms with E-state index in [0.29, 0.717) is 23.7 Å². The van der Waals surface area contributed by atoms with Gasteiger partial charge in [-0.3, -0.25) is 4.79 Å². The summed E-state index contributed by atoms with van der Waals surface area (Å²) in [5.74, 6) is 0.537. The van der Waals surface area contributed by atoms with Gasteiger partial charge in [0.1, 0.15) is 5.75 Å². The van der Waals surface area contributed by atoms with Gasteiger partial charge in [0.25, 0.3) is 5.91 Å². The largest absolute Gasteiger partial charge is 0.479 e. The van der Waals surface area contributed by atoms with Crippen LogP contribution in [-0.4, -0.2) is 18.6 Å². The molecule has 2 N–H and O–H groups in total. The van der Waals surface area contributed by atoms with Crippen LogP contribution < -0.4 is 15.4 Å². The van der Waals surface area contributed by atoms with E-state index in [9.17, 15) is 10.1 Å². The first-order chi connectivity index (χ1) is 9.04. The molecule has 98 valence electrons. The molecule has 3 rings (SSSR count). The molecule has 1 aromatic carbocycles. The number of ether oxygens (including phenoxy) is 1. The molecule has 1 fully saturated rings. The summed E-state index contributed by atoms with van der Waals surface area (Å²) >= 11 is 0. The van der Waals surface area contributed by atoms with Crippen LogP contribution in [0.4, 0.5) is 11.4 Å². The number of rotatable bonds is 2. The van der Waals surface area contributed by atoms with E-state index < -0.39 is 6.10 Å². The van der Waals surface area contributed by atoms with Crippen molar-refractivity contribution in [1.29, 1.82) is 5.26 Å². The van der Waals surface area contributed by atoms with Crippen LogP contribution in [0.25, 0.3) is 0 Å². The molecule has 1 aliphatic heterocycles. The standard InChI is InChI=1S/C14H15N3O2/c1-9-13(18)17(8-14(7-15)4-5-14)11-6-10(16)2-3-12(11)19-9/h2-3,6,9H,4-5,8,16H2,1H3. The lowest BCUT2D eigenvalue weighted by atomic mass is 10.1. The Morgan fingerprint density at radius 3 is 2.95 bits per heavy atom. The van der Waals surface area contributed by atoms with Gasteiger partial charge in [-0.2, -0.15) is 5.26 Å². The predicted molar refractivity (Wildman–Crippen MR) is 70.6 cm³/mol. The van der Waals surface area contributed by atoms with E-state index in [1.54, 1.807) is 30.0 Å². The summed E-state index contributed by atoms with van der Waals surface area (Å²) in [5.41, 5.74) is 6.65. The van der Waals surface area contributed by atoms with Crippen LogP contribution in [0, 0.1) is 16.7 Å². The molecular formula is C14H15N3O2. The highest BCUT2D eigenvalue weighted by molar-refractivity contribution is 6.00. The lowest BCUT2D eigenvalue weighted by molar-refractivity contribution is -0.125. The number of nitrogens with zero attached hydrogens (tertiary/aromatic N) is 2. The Kier molecular flexibility index (Phi) is 2.42. The molecule has 2 aliphatic rings. The second-order valence-electron chi connectivity index (χ2n) is 5.30. The maximum absolute atomic E-state index is 12.3. The number of carbonyl (C=O) groups is 1. The molecule has 0 radical (unpaired) electrons. The first kappa shape index (κ1) is 11.8. The Morgan fingerprint density at radius 1 is 1.58 bits per heavy atom. The number of carbonyl (C=O) groups excluding carboxylic acids is 1. The molecule has 1 saturated carbocycles. The molecule has 1 heterocycles. The normalized spacial score (nSPS) is 23.3. The topological polar surface area (TPSA) is 79.3 Å². The Morgan fingerprint density at radius 2 is 2.32 bits per heavy atom. The quantitative estimate of drug-likeness (QED) is 0.817. The number of nitrogen functional groups attached to an aromatic ring is 1. The minimum Gasteiger partial charge on any atom is -0.479 e. The Hall–Kier alpha value is -2.22.